The topological polar surface area (TPSA) is 3.24 Å². The highest BCUT2D eigenvalue weighted by Gasteiger charge is 2.51. The molecule has 1 heteroatoms. The van der Waals surface area contributed by atoms with Crippen LogP contribution in [0.3, 0.4) is 0 Å². The quantitative estimate of drug-likeness (QED) is 0.173. The molecular formula is C49H33N. The lowest BCUT2D eigenvalue weighted by Crippen LogP contribution is -2.30. The van der Waals surface area contributed by atoms with Crippen molar-refractivity contribution in [1.29, 1.82) is 0 Å². The molecule has 7 aromatic carbocycles. The standard InChI is InChI=1S/C49H33N/c1-2-16-34-33(15-1)37-19-5-10-24-43(37)49(44-25-11-6-20-38(34)44)45-26-12-7-21-39(45)42-31-32(29-30-46(42)49)50-47-27-13-8-22-40(47)35-17-3-4-18-36(35)41-23-9-14-28-48(41)50/h1-31,33-34H. The van der Waals surface area contributed by atoms with Gasteiger partial charge in [-0.1, -0.05) is 164 Å². The van der Waals surface area contributed by atoms with Crippen molar-refractivity contribution in [3.8, 4) is 33.4 Å². The van der Waals surface area contributed by atoms with Gasteiger partial charge in [-0.2, -0.15) is 0 Å². The Bertz CT molecular complexity index is 2460. The van der Waals surface area contributed by atoms with Crippen LogP contribution in [0.15, 0.2) is 188 Å². The van der Waals surface area contributed by atoms with Gasteiger partial charge in [0.05, 0.1) is 16.8 Å². The van der Waals surface area contributed by atoms with Gasteiger partial charge in [-0.15, -0.1) is 0 Å². The first-order valence-corrected chi connectivity index (χ1v) is 17.7. The van der Waals surface area contributed by atoms with Gasteiger partial charge in [0.25, 0.3) is 0 Å². The molecule has 1 spiro atoms. The second-order valence-electron chi connectivity index (χ2n) is 13.9. The summed E-state index contributed by atoms with van der Waals surface area (Å²) in [4.78, 5) is 2.48. The first-order valence-electron chi connectivity index (χ1n) is 17.7. The van der Waals surface area contributed by atoms with Crippen LogP contribution < -0.4 is 4.90 Å². The smallest absolute Gasteiger partial charge is 0.0719 e. The number of rotatable bonds is 1. The molecule has 1 aliphatic heterocycles. The van der Waals surface area contributed by atoms with Crippen LogP contribution in [0.25, 0.3) is 33.4 Å². The van der Waals surface area contributed by atoms with Crippen molar-refractivity contribution >= 4 is 17.1 Å². The van der Waals surface area contributed by atoms with Crippen molar-refractivity contribution in [2.75, 3.05) is 4.90 Å². The fraction of sp³-hybridized carbons (Fsp3) is 0.0612. The Kier molecular flexibility index (Phi) is 5.77. The van der Waals surface area contributed by atoms with E-state index in [2.05, 4.69) is 193 Å². The maximum absolute atomic E-state index is 2.48. The third kappa shape index (κ3) is 3.56. The van der Waals surface area contributed by atoms with E-state index in [0.717, 1.165) is 5.69 Å². The maximum Gasteiger partial charge on any atom is 0.0719 e. The van der Waals surface area contributed by atoms with Crippen LogP contribution in [-0.2, 0) is 5.41 Å². The fourth-order valence-corrected chi connectivity index (χ4v) is 9.75. The Morgan fingerprint density at radius 1 is 0.360 bits per heavy atom. The molecule has 1 heterocycles. The molecule has 234 valence electrons. The lowest BCUT2D eigenvalue weighted by Gasteiger charge is -2.35. The zero-order valence-electron chi connectivity index (χ0n) is 27.5. The number of hydrogen-bond acceptors (Lipinski definition) is 1. The van der Waals surface area contributed by atoms with Gasteiger partial charge in [0, 0.05) is 28.7 Å². The van der Waals surface area contributed by atoms with Gasteiger partial charge in [0.2, 0.25) is 0 Å². The number of nitrogens with zero attached hydrogens (tertiary/aromatic N) is 1. The molecule has 0 amide bonds. The van der Waals surface area contributed by atoms with E-state index in [4.69, 9.17) is 0 Å². The molecule has 0 fully saturated rings. The van der Waals surface area contributed by atoms with E-state index in [0.29, 0.717) is 0 Å². The summed E-state index contributed by atoms with van der Waals surface area (Å²) in [6, 6.07) is 61.5. The van der Waals surface area contributed by atoms with Gasteiger partial charge < -0.3 is 4.90 Å². The van der Waals surface area contributed by atoms with E-state index in [1.807, 2.05) is 0 Å². The predicted octanol–water partition coefficient (Wildman–Crippen LogP) is 12.5. The molecule has 1 nitrogen and oxygen atoms in total. The first kappa shape index (κ1) is 27.7. The molecule has 4 aliphatic rings. The van der Waals surface area contributed by atoms with Crippen LogP contribution in [-0.4, -0.2) is 0 Å². The van der Waals surface area contributed by atoms with E-state index in [9.17, 15) is 0 Å². The van der Waals surface area contributed by atoms with E-state index in [1.54, 1.807) is 0 Å². The van der Waals surface area contributed by atoms with Crippen LogP contribution in [0.4, 0.5) is 17.1 Å². The molecular weight excluding hydrogens is 603 g/mol. The molecule has 7 aromatic rings. The monoisotopic (exact) mass is 635 g/mol. The Morgan fingerprint density at radius 3 is 1.38 bits per heavy atom. The normalized spacial score (nSPS) is 19.9. The van der Waals surface area contributed by atoms with Gasteiger partial charge in [-0.05, 0) is 79.9 Å². The molecule has 0 aromatic heterocycles. The maximum atomic E-state index is 2.48. The average Bonchev–Trinajstić information content (AvgIpc) is 3.34. The fourth-order valence-electron chi connectivity index (χ4n) is 9.75. The largest absolute Gasteiger partial charge is 0.309 e. The second-order valence-corrected chi connectivity index (χ2v) is 13.9. The number of para-hydroxylation sites is 2. The van der Waals surface area contributed by atoms with Gasteiger partial charge >= 0.3 is 0 Å². The van der Waals surface area contributed by atoms with Crippen molar-refractivity contribution in [2.45, 2.75) is 17.3 Å². The summed E-state index contributed by atoms with van der Waals surface area (Å²) >= 11 is 0. The van der Waals surface area contributed by atoms with Gasteiger partial charge in [-0.3, -0.25) is 0 Å². The van der Waals surface area contributed by atoms with Crippen molar-refractivity contribution in [2.24, 2.45) is 0 Å². The summed E-state index contributed by atoms with van der Waals surface area (Å²) in [5.41, 5.74) is 19.1. The van der Waals surface area contributed by atoms with Gasteiger partial charge in [-0.25, -0.2) is 0 Å². The molecule has 0 bridgehead atoms. The summed E-state index contributed by atoms with van der Waals surface area (Å²) in [5.74, 6) is 0.554. The molecule has 0 N–H and O–H groups in total. The lowest BCUT2D eigenvalue weighted by atomic mass is 9.66. The molecule has 0 radical (unpaired) electrons. The SMILES string of the molecule is C1=CC2c3ccccc3C3(c4ccccc4-c4cc(N5c6ccccc6-c6ccccc6-c6ccccc65)ccc43)c3ccccc3C2C=C1. The minimum atomic E-state index is -0.443. The average molecular weight is 636 g/mol. The third-order valence-electron chi connectivity index (χ3n) is 11.7. The van der Waals surface area contributed by atoms with Crippen LogP contribution in [0.2, 0.25) is 0 Å². The third-order valence-corrected chi connectivity index (χ3v) is 11.7. The molecule has 2 atom stereocenters. The number of fused-ring (bicyclic) bond motifs is 17. The summed E-state index contributed by atoms with van der Waals surface area (Å²) in [6.45, 7) is 0. The van der Waals surface area contributed by atoms with Crippen molar-refractivity contribution in [3.05, 3.63) is 221 Å². The summed E-state index contributed by atoms with van der Waals surface area (Å²) in [5, 5.41) is 0. The van der Waals surface area contributed by atoms with E-state index >= 15 is 0 Å². The predicted molar refractivity (Wildman–Crippen MR) is 207 cm³/mol. The highest BCUT2D eigenvalue weighted by atomic mass is 15.1. The minimum Gasteiger partial charge on any atom is -0.309 e. The minimum absolute atomic E-state index is 0.277. The first-order chi connectivity index (χ1) is 24.8. The lowest BCUT2D eigenvalue weighted by molar-refractivity contribution is 0.732. The summed E-state index contributed by atoms with van der Waals surface area (Å²) in [7, 11) is 0. The molecule has 0 saturated carbocycles. The molecule has 3 aliphatic carbocycles. The van der Waals surface area contributed by atoms with Crippen LogP contribution >= 0.6 is 0 Å². The van der Waals surface area contributed by atoms with Crippen molar-refractivity contribution < 1.29 is 0 Å². The highest BCUT2D eigenvalue weighted by Crippen LogP contribution is 2.62. The van der Waals surface area contributed by atoms with Gasteiger partial charge in [0.15, 0.2) is 0 Å². The Balaban J connectivity index is 1.22. The molecule has 50 heavy (non-hydrogen) atoms. The molecule has 0 saturated heterocycles. The van der Waals surface area contributed by atoms with Crippen molar-refractivity contribution in [1.82, 2.24) is 0 Å². The number of benzene rings is 7. The zero-order chi connectivity index (χ0) is 32.8. The van der Waals surface area contributed by atoms with Crippen LogP contribution in [0.1, 0.15) is 45.2 Å². The second kappa shape index (κ2) is 10.4. The zero-order valence-corrected chi connectivity index (χ0v) is 27.5. The number of allylic oxidation sites excluding steroid dienone is 4. The summed E-state index contributed by atoms with van der Waals surface area (Å²) in [6.07, 6.45) is 9.29. The Hall–Kier alpha value is -6.18. The van der Waals surface area contributed by atoms with E-state index in [-0.39, 0.29) is 11.8 Å². The van der Waals surface area contributed by atoms with E-state index < -0.39 is 5.41 Å². The van der Waals surface area contributed by atoms with Crippen LogP contribution in [0.5, 0.6) is 0 Å². The molecule has 11 rings (SSSR count). The Morgan fingerprint density at radius 2 is 0.800 bits per heavy atom. The number of hydrogen-bond donors (Lipinski definition) is 0. The Labute approximate surface area is 293 Å². The van der Waals surface area contributed by atoms with Gasteiger partial charge in [0.1, 0.15) is 0 Å². The number of anilines is 3. The van der Waals surface area contributed by atoms with Crippen molar-refractivity contribution in [3.63, 3.8) is 0 Å². The van der Waals surface area contributed by atoms with E-state index in [1.165, 1.54) is 78.1 Å². The van der Waals surface area contributed by atoms with Crippen LogP contribution in [0, 0.1) is 0 Å². The highest BCUT2D eigenvalue weighted by molar-refractivity contribution is 6.03. The molecule has 2 unspecified atom stereocenters. The summed E-state index contributed by atoms with van der Waals surface area (Å²) < 4.78 is 0.